The third-order valence-corrected chi connectivity index (χ3v) is 3.09. The van der Waals surface area contributed by atoms with Crippen molar-refractivity contribution in [2.24, 2.45) is 0 Å². The largest absolute Gasteiger partial charge is 0.481 e. The van der Waals surface area contributed by atoms with E-state index in [1.165, 1.54) is 5.56 Å². The zero-order chi connectivity index (χ0) is 13.1. The van der Waals surface area contributed by atoms with E-state index in [2.05, 4.69) is 4.98 Å². The summed E-state index contributed by atoms with van der Waals surface area (Å²) < 4.78 is 0. The highest BCUT2D eigenvalue weighted by molar-refractivity contribution is 5.76. The lowest BCUT2D eigenvalue weighted by atomic mass is 9.97. The van der Waals surface area contributed by atoms with Gasteiger partial charge in [0.05, 0.1) is 12.1 Å². The molecule has 3 heteroatoms. The lowest BCUT2D eigenvalue weighted by molar-refractivity contribution is -0.136. The summed E-state index contributed by atoms with van der Waals surface area (Å²) in [5.74, 6) is -0.838. The maximum Gasteiger partial charge on any atom is 0.307 e. The van der Waals surface area contributed by atoms with E-state index in [0.717, 1.165) is 22.4 Å². The number of hydrogen-bond acceptors (Lipinski definition) is 2. The van der Waals surface area contributed by atoms with Crippen molar-refractivity contribution < 1.29 is 9.90 Å². The highest BCUT2D eigenvalue weighted by Crippen LogP contribution is 2.26. The molecule has 0 fully saturated rings. The van der Waals surface area contributed by atoms with Crippen molar-refractivity contribution in [1.29, 1.82) is 0 Å². The SMILES string of the molecule is Cc1cccc(-c2ncccc2CC(=O)O)c1C. The van der Waals surface area contributed by atoms with E-state index in [0.29, 0.717) is 0 Å². The van der Waals surface area contributed by atoms with E-state index in [-0.39, 0.29) is 6.42 Å². The van der Waals surface area contributed by atoms with Crippen LogP contribution in [0.15, 0.2) is 36.5 Å². The van der Waals surface area contributed by atoms with Gasteiger partial charge in [-0.3, -0.25) is 9.78 Å². The summed E-state index contributed by atoms with van der Waals surface area (Å²) in [6.07, 6.45) is 1.69. The van der Waals surface area contributed by atoms with Gasteiger partial charge in [-0.25, -0.2) is 0 Å². The van der Waals surface area contributed by atoms with Gasteiger partial charge in [-0.15, -0.1) is 0 Å². The van der Waals surface area contributed by atoms with Crippen LogP contribution in [0.3, 0.4) is 0 Å². The molecule has 0 aliphatic carbocycles. The van der Waals surface area contributed by atoms with Crippen LogP contribution in [0.1, 0.15) is 16.7 Å². The van der Waals surface area contributed by atoms with Crippen LogP contribution in [0, 0.1) is 13.8 Å². The van der Waals surface area contributed by atoms with Gasteiger partial charge in [0, 0.05) is 11.8 Å². The molecule has 0 unspecified atom stereocenters. The lowest BCUT2D eigenvalue weighted by Gasteiger charge is -2.11. The Bertz CT molecular complexity index is 591. The zero-order valence-corrected chi connectivity index (χ0v) is 10.5. The fourth-order valence-electron chi connectivity index (χ4n) is 1.99. The third kappa shape index (κ3) is 2.40. The van der Waals surface area contributed by atoms with Crippen LogP contribution in [-0.2, 0) is 11.2 Å². The van der Waals surface area contributed by atoms with E-state index in [1.807, 2.05) is 38.1 Å². The van der Waals surface area contributed by atoms with Gasteiger partial charge in [0.15, 0.2) is 0 Å². The number of aryl methyl sites for hydroxylation is 1. The van der Waals surface area contributed by atoms with Gasteiger partial charge in [-0.1, -0.05) is 24.3 Å². The monoisotopic (exact) mass is 241 g/mol. The zero-order valence-electron chi connectivity index (χ0n) is 10.5. The van der Waals surface area contributed by atoms with Gasteiger partial charge in [-0.2, -0.15) is 0 Å². The van der Waals surface area contributed by atoms with E-state index in [1.54, 1.807) is 12.3 Å². The van der Waals surface area contributed by atoms with E-state index >= 15 is 0 Å². The Balaban J connectivity index is 2.57. The number of aromatic nitrogens is 1. The Morgan fingerprint density at radius 2 is 2.00 bits per heavy atom. The molecule has 2 rings (SSSR count). The van der Waals surface area contributed by atoms with Crippen molar-refractivity contribution in [3.05, 3.63) is 53.2 Å². The first-order valence-electron chi connectivity index (χ1n) is 5.82. The molecule has 0 saturated heterocycles. The molecule has 1 N–H and O–H groups in total. The second kappa shape index (κ2) is 5.00. The topological polar surface area (TPSA) is 50.2 Å². The number of hydrogen-bond donors (Lipinski definition) is 1. The number of carboxylic acids is 1. The quantitative estimate of drug-likeness (QED) is 0.898. The Labute approximate surface area is 106 Å². The molecule has 1 aromatic heterocycles. The third-order valence-electron chi connectivity index (χ3n) is 3.09. The molecule has 0 aliphatic rings. The summed E-state index contributed by atoms with van der Waals surface area (Å²) in [6, 6.07) is 9.58. The fourth-order valence-corrected chi connectivity index (χ4v) is 1.99. The highest BCUT2D eigenvalue weighted by atomic mass is 16.4. The van der Waals surface area contributed by atoms with Gasteiger partial charge >= 0.3 is 5.97 Å². The Morgan fingerprint density at radius 3 is 2.72 bits per heavy atom. The molecule has 1 heterocycles. The number of carbonyl (C=O) groups is 1. The minimum atomic E-state index is -0.838. The summed E-state index contributed by atoms with van der Waals surface area (Å²) in [6.45, 7) is 4.07. The van der Waals surface area contributed by atoms with E-state index in [9.17, 15) is 4.79 Å². The summed E-state index contributed by atoms with van der Waals surface area (Å²) in [5, 5.41) is 8.93. The number of rotatable bonds is 3. The summed E-state index contributed by atoms with van der Waals surface area (Å²) >= 11 is 0. The van der Waals surface area contributed by atoms with Crippen LogP contribution < -0.4 is 0 Å². The number of nitrogens with zero attached hydrogens (tertiary/aromatic N) is 1. The Hall–Kier alpha value is -2.16. The molecule has 92 valence electrons. The van der Waals surface area contributed by atoms with Crippen molar-refractivity contribution >= 4 is 5.97 Å². The molecule has 0 atom stereocenters. The molecule has 0 spiro atoms. The second-order valence-electron chi connectivity index (χ2n) is 4.33. The fraction of sp³-hybridized carbons (Fsp3) is 0.200. The maximum atomic E-state index is 10.9. The number of carboxylic acid groups (broad SMARTS) is 1. The van der Waals surface area contributed by atoms with Gasteiger partial charge in [0.25, 0.3) is 0 Å². The molecule has 0 amide bonds. The standard InChI is InChI=1S/C15H15NO2/c1-10-5-3-7-13(11(10)2)15-12(9-14(17)18)6-4-8-16-15/h3-8H,9H2,1-2H3,(H,17,18). The van der Waals surface area contributed by atoms with Crippen LogP contribution in [0.25, 0.3) is 11.3 Å². The summed E-state index contributed by atoms with van der Waals surface area (Å²) in [7, 11) is 0. The normalized spacial score (nSPS) is 10.3. The molecule has 1 aromatic carbocycles. The number of aliphatic carboxylic acids is 1. The number of benzene rings is 1. The molecule has 0 saturated carbocycles. The maximum absolute atomic E-state index is 10.9. The highest BCUT2D eigenvalue weighted by Gasteiger charge is 2.12. The molecule has 0 radical (unpaired) electrons. The smallest absolute Gasteiger partial charge is 0.307 e. The predicted octanol–water partition coefficient (Wildman–Crippen LogP) is 2.99. The Kier molecular flexibility index (Phi) is 3.42. The lowest BCUT2D eigenvalue weighted by Crippen LogP contribution is -2.03. The average molecular weight is 241 g/mol. The van der Waals surface area contributed by atoms with Crippen LogP contribution in [0.2, 0.25) is 0 Å². The van der Waals surface area contributed by atoms with Crippen molar-refractivity contribution in [2.75, 3.05) is 0 Å². The predicted molar refractivity (Wildman–Crippen MR) is 70.5 cm³/mol. The van der Waals surface area contributed by atoms with Crippen molar-refractivity contribution in [3.63, 3.8) is 0 Å². The molecular formula is C15H15NO2. The first kappa shape index (κ1) is 12.3. The Morgan fingerprint density at radius 1 is 1.22 bits per heavy atom. The van der Waals surface area contributed by atoms with Crippen LogP contribution in [0.5, 0.6) is 0 Å². The van der Waals surface area contributed by atoms with Crippen LogP contribution in [0.4, 0.5) is 0 Å². The van der Waals surface area contributed by atoms with Crippen LogP contribution >= 0.6 is 0 Å². The summed E-state index contributed by atoms with van der Waals surface area (Å²) in [5.41, 5.74) is 4.84. The minimum Gasteiger partial charge on any atom is -0.481 e. The van der Waals surface area contributed by atoms with E-state index < -0.39 is 5.97 Å². The van der Waals surface area contributed by atoms with Crippen molar-refractivity contribution in [1.82, 2.24) is 4.98 Å². The molecule has 0 bridgehead atoms. The minimum absolute atomic E-state index is 0.00342. The molecule has 18 heavy (non-hydrogen) atoms. The molecular weight excluding hydrogens is 226 g/mol. The van der Waals surface area contributed by atoms with Gasteiger partial charge < -0.3 is 5.11 Å². The van der Waals surface area contributed by atoms with Crippen molar-refractivity contribution in [3.8, 4) is 11.3 Å². The van der Waals surface area contributed by atoms with E-state index in [4.69, 9.17) is 5.11 Å². The molecule has 2 aromatic rings. The number of pyridine rings is 1. The molecule has 0 aliphatic heterocycles. The first-order chi connectivity index (χ1) is 8.59. The molecule has 3 nitrogen and oxygen atoms in total. The van der Waals surface area contributed by atoms with Crippen molar-refractivity contribution in [2.45, 2.75) is 20.3 Å². The van der Waals surface area contributed by atoms with Gasteiger partial charge in [0.1, 0.15) is 0 Å². The van der Waals surface area contributed by atoms with Crippen LogP contribution in [-0.4, -0.2) is 16.1 Å². The second-order valence-corrected chi connectivity index (χ2v) is 4.33. The van der Waals surface area contributed by atoms with Gasteiger partial charge in [-0.05, 0) is 36.6 Å². The average Bonchev–Trinajstić information content (AvgIpc) is 2.33. The summed E-state index contributed by atoms with van der Waals surface area (Å²) in [4.78, 5) is 15.2. The van der Waals surface area contributed by atoms with Gasteiger partial charge in [0.2, 0.25) is 0 Å². The first-order valence-corrected chi connectivity index (χ1v) is 5.82.